The van der Waals surface area contributed by atoms with Crippen molar-refractivity contribution in [1.82, 2.24) is 0 Å². The molecule has 7 heavy (non-hydrogen) atoms. The second kappa shape index (κ2) is 1.59. The van der Waals surface area contributed by atoms with Crippen molar-refractivity contribution in [3.8, 4) is 0 Å². The third-order valence-corrected chi connectivity index (χ3v) is 0.840. The molecule has 1 N–H and O–H groups in total. The number of hydrogen-bond acceptors (Lipinski definition) is 2. The number of rotatable bonds is 1. The van der Waals surface area contributed by atoms with Gasteiger partial charge in [0.15, 0.2) is 0 Å². The summed E-state index contributed by atoms with van der Waals surface area (Å²) < 4.78 is 37.6. The summed E-state index contributed by atoms with van der Waals surface area (Å²) in [4.78, 5) is 0. The summed E-state index contributed by atoms with van der Waals surface area (Å²) in [5.74, 6) is 0. The minimum absolute atomic E-state index is 1.73. The van der Waals surface area contributed by atoms with E-state index >= 15 is 0 Å². The maximum atomic E-state index is 11.2. The molecule has 5 heteroatoms. The highest BCUT2D eigenvalue weighted by atomic mass is 32.2. The van der Waals surface area contributed by atoms with Crippen LogP contribution in [0.4, 0.5) is 4.39 Å². The minimum Gasteiger partial charge on any atom is -0.280 e. The van der Waals surface area contributed by atoms with Crippen LogP contribution < -0.4 is 0 Å². The van der Waals surface area contributed by atoms with E-state index < -0.39 is 15.3 Å². The molecule has 3 nitrogen and oxygen atoms in total. The van der Waals surface area contributed by atoms with E-state index in [1.54, 1.807) is 0 Å². The fourth-order valence-electron chi connectivity index (χ4n) is 0. The van der Waals surface area contributed by atoms with Crippen LogP contribution in [-0.4, -0.2) is 13.0 Å². The van der Waals surface area contributed by atoms with Gasteiger partial charge in [-0.1, -0.05) is 0 Å². The lowest BCUT2D eigenvalue weighted by molar-refractivity contribution is 0.474. The van der Waals surface area contributed by atoms with Gasteiger partial charge in [0.05, 0.1) is 0 Å². The summed E-state index contributed by atoms with van der Waals surface area (Å²) in [5.41, 5.74) is 0. The molecule has 0 saturated heterocycles. The Kier molecular flexibility index (Phi) is 1.49. The summed E-state index contributed by atoms with van der Waals surface area (Å²) >= 11 is 0. The molecule has 0 amide bonds. The summed E-state index contributed by atoms with van der Waals surface area (Å²) in [5, 5.41) is -1.73. The smallest absolute Gasteiger partial charge is 0.280 e. The predicted molar refractivity (Wildman–Crippen MR) is 21.8 cm³/mol. The molecule has 0 fully saturated rings. The molecular formula is C2H3FO3S. The van der Waals surface area contributed by atoms with Gasteiger partial charge in [-0.25, -0.2) is 0 Å². The average molecular weight is 126 g/mol. The quantitative estimate of drug-likeness (QED) is 0.514. The first-order valence-electron chi connectivity index (χ1n) is 1.26. The Morgan fingerprint density at radius 2 is 1.86 bits per heavy atom. The van der Waals surface area contributed by atoms with Gasteiger partial charge in [0.2, 0.25) is 5.16 Å². The highest BCUT2D eigenvalue weighted by Gasteiger charge is 2.06. The van der Waals surface area contributed by atoms with Crippen LogP contribution in [0.3, 0.4) is 0 Å². The summed E-state index contributed by atoms with van der Waals surface area (Å²) in [7, 11) is -4.60. The van der Waals surface area contributed by atoms with Gasteiger partial charge in [-0.3, -0.25) is 4.55 Å². The largest absolute Gasteiger partial charge is 0.321 e. The molecule has 0 unspecified atom stereocenters. The van der Waals surface area contributed by atoms with Crippen molar-refractivity contribution in [2.24, 2.45) is 0 Å². The van der Waals surface area contributed by atoms with Crippen molar-refractivity contribution in [2.45, 2.75) is 0 Å². The van der Waals surface area contributed by atoms with E-state index in [-0.39, 0.29) is 0 Å². The first-order chi connectivity index (χ1) is 2.94. The molecule has 0 bridgehead atoms. The van der Waals surface area contributed by atoms with Gasteiger partial charge >= 0.3 is 10.1 Å². The Morgan fingerprint density at radius 3 is 1.86 bits per heavy atom. The van der Waals surface area contributed by atoms with Crippen LogP contribution in [0.15, 0.2) is 11.7 Å². The van der Waals surface area contributed by atoms with Crippen molar-refractivity contribution in [3.63, 3.8) is 0 Å². The molecule has 0 aliphatic rings. The van der Waals surface area contributed by atoms with Crippen LogP contribution in [0.25, 0.3) is 0 Å². The number of halogens is 1. The van der Waals surface area contributed by atoms with E-state index in [2.05, 4.69) is 6.58 Å². The number of hydrogen-bond donors (Lipinski definition) is 1. The summed E-state index contributed by atoms with van der Waals surface area (Å²) in [6, 6.07) is 0. The van der Waals surface area contributed by atoms with Gasteiger partial charge in [-0.05, 0) is 6.58 Å². The van der Waals surface area contributed by atoms with E-state index in [0.717, 1.165) is 0 Å². The minimum atomic E-state index is -4.60. The first-order valence-corrected chi connectivity index (χ1v) is 2.70. The maximum Gasteiger partial charge on any atom is 0.321 e. The Balaban J connectivity index is 4.43. The van der Waals surface area contributed by atoms with Crippen molar-refractivity contribution in [2.75, 3.05) is 0 Å². The zero-order chi connectivity index (χ0) is 6.08. The lowest BCUT2D eigenvalue weighted by Crippen LogP contribution is -1.93. The molecule has 0 aliphatic carbocycles. The van der Waals surface area contributed by atoms with E-state index in [1.807, 2.05) is 0 Å². The van der Waals surface area contributed by atoms with Crippen molar-refractivity contribution >= 4 is 10.1 Å². The van der Waals surface area contributed by atoms with Gasteiger partial charge < -0.3 is 0 Å². The second-order valence-electron chi connectivity index (χ2n) is 0.830. The molecule has 0 aliphatic heterocycles. The van der Waals surface area contributed by atoms with E-state index in [9.17, 15) is 12.8 Å². The molecule has 0 aromatic heterocycles. The Labute approximate surface area is 40.2 Å². The van der Waals surface area contributed by atoms with E-state index in [1.165, 1.54) is 0 Å². The van der Waals surface area contributed by atoms with Crippen molar-refractivity contribution in [3.05, 3.63) is 11.7 Å². The van der Waals surface area contributed by atoms with Crippen molar-refractivity contribution in [1.29, 1.82) is 0 Å². The molecule has 0 saturated carbocycles. The summed E-state index contributed by atoms with van der Waals surface area (Å²) in [6.45, 7) is 2.32. The molecule has 0 aromatic carbocycles. The first kappa shape index (κ1) is 6.58. The molecule has 0 atom stereocenters. The third-order valence-electron chi connectivity index (χ3n) is 0.280. The standard InChI is InChI=1S/C2H3FO3S/c1-2(3)7(4,5)6/h1H2,(H,4,5,6). The van der Waals surface area contributed by atoms with Crippen LogP contribution in [0, 0.1) is 0 Å². The van der Waals surface area contributed by atoms with Crippen LogP contribution >= 0.6 is 0 Å². The highest BCUT2D eigenvalue weighted by molar-refractivity contribution is 7.89. The molecule has 0 rings (SSSR count). The molecular weight excluding hydrogens is 123 g/mol. The Bertz CT molecular complexity index is 167. The van der Waals surface area contributed by atoms with Gasteiger partial charge in [-0.2, -0.15) is 12.8 Å². The Morgan fingerprint density at radius 1 is 1.71 bits per heavy atom. The maximum absolute atomic E-state index is 11.2. The van der Waals surface area contributed by atoms with Gasteiger partial charge in [0, 0.05) is 0 Å². The lowest BCUT2D eigenvalue weighted by atomic mass is 11.2. The van der Waals surface area contributed by atoms with Gasteiger partial charge in [0.1, 0.15) is 0 Å². The second-order valence-corrected chi connectivity index (χ2v) is 2.22. The fraction of sp³-hybridized carbons (Fsp3) is 0. The van der Waals surface area contributed by atoms with Crippen LogP contribution in [-0.2, 0) is 10.1 Å². The average Bonchev–Trinajstić information content (AvgIpc) is 1.31. The van der Waals surface area contributed by atoms with Gasteiger partial charge in [-0.15, -0.1) is 0 Å². The molecule has 0 aromatic rings. The lowest BCUT2D eigenvalue weighted by Gasteiger charge is -1.81. The van der Waals surface area contributed by atoms with E-state index in [0.29, 0.717) is 0 Å². The fourth-order valence-corrected chi connectivity index (χ4v) is 0. The van der Waals surface area contributed by atoms with Gasteiger partial charge in [0.25, 0.3) is 0 Å². The molecule has 42 valence electrons. The molecule has 0 heterocycles. The molecule has 0 radical (unpaired) electrons. The SMILES string of the molecule is C=C(F)S(=O)(=O)O. The topological polar surface area (TPSA) is 54.4 Å². The van der Waals surface area contributed by atoms with Crippen LogP contribution in [0.1, 0.15) is 0 Å². The zero-order valence-corrected chi connectivity index (χ0v) is 4.07. The monoisotopic (exact) mass is 126 g/mol. The van der Waals surface area contributed by atoms with E-state index in [4.69, 9.17) is 4.55 Å². The third kappa shape index (κ3) is 2.30. The molecule has 0 spiro atoms. The highest BCUT2D eigenvalue weighted by Crippen LogP contribution is 1.98. The predicted octanol–water partition coefficient (Wildman–Crippen LogP) is 0.315. The Hall–Kier alpha value is -0.420. The normalized spacial score (nSPS) is 11.1. The van der Waals surface area contributed by atoms with Crippen molar-refractivity contribution < 1.29 is 17.4 Å². The van der Waals surface area contributed by atoms with Crippen LogP contribution in [0.5, 0.6) is 0 Å². The zero-order valence-electron chi connectivity index (χ0n) is 3.26. The summed E-state index contributed by atoms with van der Waals surface area (Å²) in [6.07, 6.45) is 0. The van der Waals surface area contributed by atoms with Crippen LogP contribution in [0.2, 0.25) is 0 Å².